The van der Waals surface area contributed by atoms with Gasteiger partial charge in [-0.15, -0.1) is 0 Å². The molecule has 0 saturated heterocycles. The van der Waals surface area contributed by atoms with E-state index in [-0.39, 0.29) is 47.9 Å². The van der Waals surface area contributed by atoms with E-state index in [0.29, 0.717) is 22.6 Å². The number of hydrogen-bond acceptors (Lipinski definition) is 6. The van der Waals surface area contributed by atoms with E-state index in [4.69, 9.17) is 9.47 Å². The summed E-state index contributed by atoms with van der Waals surface area (Å²) >= 11 is 0. The zero-order chi connectivity index (χ0) is 27.3. The lowest BCUT2D eigenvalue weighted by atomic mass is 10.1. The van der Waals surface area contributed by atoms with Crippen LogP contribution in [0.5, 0.6) is 11.5 Å². The molecular formula is C27H34N4O6. The maximum absolute atomic E-state index is 13.5. The van der Waals surface area contributed by atoms with Gasteiger partial charge in [-0.25, -0.2) is 4.79 Å². The Morgan fingerprint density at radius 1 is 0.919 bits per heavy atom. The molecule has 198 valence electrons. The molecular weight excluding hydrogens is 476 g/mol. The molecule has 0 aliphatic heterocycles. The van der Waals surface area contributed by atoms with E-state index in [0.717, 1.165) is 11.0 Å². The summed E-state index contributed by atoms with van der Waals surface area (Å²) < 4.78 is 13.0. The number of benzene rings is 2. The maximum atomic E-state index is 13.5. The molecule has 37 heavy (non-hydrogen) atoms. The summed E-state index contributed by atoms with van der Waals surface area (Å²) in [7, 11) is 2.90. The minimum absolute atomic E-state index is 0.0407. The van der Waals surface area contributed by atoms with E-state index in [1.807, 2.05) is 27.7 Å². The number of methoxy groups -OCH3 is 2. The summed E-state index contributed by atoms with van der Waals surface area (Å²) in [5, 5.41) is 5.89. The third-order valence-corrected chi connectivity index (χ3v) is 6.03. The van der Waals surface area contributed by atoms with Gasteiger partial charge in [0.2, 0.25) is 5.91 Å². The van der Waals surface area contributed by atoms with Crippen LogP contribution in [0.25, 0.3) is 10.9 Å². The van der Waals surface area contributed by atoms with E-state index >= 15 is 0 Å². The largest absolute Gasteiger partial charge is 0.493 e. The lowest BCUT2D eigenvalue weighted by molar-refractivity contribution is -0.122. The van der Waals surface area contributed by atoms with Crippen LogP contribution in [0.1, 0.15) is 50.0 Å². The highest BCUT2D eigenvalue weighted by Crippen LogP contribution is 2.30. The Labute approximate surface area is 215 Å². The first kappa shape index (κ1) is 27.5. The van der Waals surface area contributed by atoms with E-state index in [9.17, 15) is 19.2 Å². The molecule has 1 atom stereocenters. The number of amides is 2. The number of aromatic nitrogens is 2. The van der Waals surface area contributed by atoms with Gasteiger partial charge < -0.3 is 20.1 Å². The van der Waals surface area contributed by atoms with Crippen LogP contribution in [0.15, 0.2) is 46.0 Å². The van der Waals surface area contributed by atoms with Crippen molar-refractivity contribution in [1.29, 1.82) is 0 Å². The van der Waals surface area contributed by atoms with Crippen molar-refractivity contribution in [2.45, 2.75) is 59.3 Å². The Hall–Kier alpha value is -4.08. The second kappa shape index (κ2) is 11.8. The number of carbonyl (C=O) groups excluding carboxylic acids is 2. The minimum atomic E-state index is -0.637. The highest BCUT2D eigenvalue weighted by molar-refractivity contribution is 5.94. The van der Waals surface area contributed by atoms with Crippen LogP contribution in [0.2, 0.25) is 0 Å². The summed E-state index contributed by atoms with van der Waals surface area (Å²) in [5.74, 6) is 0.0985. The predicted octanol–water partition coefficient (Wildman–Crippen LogP) is 2.28. The fraction of sp³-hybridized carbons (Fsp3) is 0.407. The summed E-state index contributed by atoms with van der Waals surface area (Å²) in [5.41, 5.74) is 0.231. The van der Waals surface area contributed by atoms with Crippen LogP contribution in [-0.4, -0.2) is 47.3 Å². The third-order valence-electron chi connectivity index (χ3n) is 6.03. The smallest absolute Gasteiger partial charge is 0.332 e. The molecule has 0 unspecified atom stereocenters. The van der Waals surface area contributed by atoms with Crippen molar-refractivity contribution in [3.63, 3.8) is 0 Å². The lowest BCUT2D eigenvalue weighted by Gasteiger charge is -2.17. The first-order valence-corrected chi connectivity index (χ1v) is 12.2. The van der Waals surface area contributed by atoms with E-state index in [1.54, 1.807) is 24.3 Å². The van der Waals surface area contributed by atoms with Gasteiger partial charge in [0, 0.05) is 23.7 Å². The molecule has 0 fully saturated rings. The van der Waals surface area contributed by atoms with Gasteiger partial charge in [0.1, 0.15) is 6.54 Å². The van der Waals surface area contributed by atoms with Crippen LogP contribution < -0.4 is 31.4 Å². The Morgan fingerprint density at radius 3 is 2.11 bits per heavy atom. The van der Waals surface area contributed by atoms with Crippen molar-refractivity contribution in [2.75, 3.05) is 14.2 Å². The highest BCUT2D eigenvalue weighted by Gasteiger charge is 2.19. The third kappa shape index (κ3) is 6.19. The van der Waals surface area contributed by atoms with Crippen molar-refractivity contribution >= 4 is 22.7 Å². The monoisotopic (exact) mass is 510 g/mol. The van der Waals surface area contributed by atoms with Crippen LogP contribution in [0.3, 0.4) is 0 Å². The molecule has 0 bridgehead atoms. The van der Waals surface area contributed by atoms with Crippen LogP contribution >= 0.6 is 0 Å². The van der Waals surface area contributed by atoms with Crippen molar-refractivity contribution in [1.82, 2.24) is 19.8 Å². The van der Waals surface area contributed by atoms with Crippen molar-refractivity contribution in [2.24, 2.45) is 0 Å². The Bertz CT molecular complexity index is 1410. The highest BCUT2D eigenvalue weighted by atomic mass is 16.5. The number of nitrogens with zero attached hydrogens (tertiary/aromatic N) is 2. The molecule has 1 aromatic heterocycles. The zero-order valence-electron chi connectivity index (χ0n) is 22.1. The molecule has 0 aliphatic rings. The molecule has 0 spiro atoms. The van der Waals surface area contributed by atoms with Crippen LogP contribution in [0, 0.1) is 0 Å². The van der Waals surface area contributed by atoms with Crippen molar-refractivity contribution in [3.05, 3.63) is 68.4 Å². The predicted molar refractivity (Wildman–Crippen MR) is 142 cm³/mol. The average molecular weight is 511 g/mol. The van der Waals surface area contributed by atoms with Gasteiger partial charge in [-0.05, 0) is 51.0 Å². The molecule has 1 heterocycles. The normalized spacial score (nSPS) is 11.9. The number of rotatable bonds is 10. The van der Waals surface area contributed by atoms with E-state index in [1.165, 1.54) is 30.9 Å². The summed E-state index contributed by atoms with van der Waals surface area (Å²) in [6.07, 6.45) is 0.812. The van der Waals surface area contributed by atoms with E-state index in [2.05, 4.69) is 10.6 Å². The van der Waals surface area contributed by atoms with Crippen molar-refractivity contribution in [3.8, 4) is 11.5 Å². The van der Waals surface area contributed by atoms with Gasteiger partial charge in [-0.3, -0.25) is 23.5 Å². The quantitative estimate of drug-likeness (QED) is 0.432. The zero-order valence-corrected chi connectivity index (χ0v) is 22.1. The van der Waals surface area contributed by atoms with Gasteiger partial charge in [0.15, 0.2) is 11.5 Å². The first-order valence-electron chi connectivity index (χ1n) is 12.2. The topological polar surface area (TPSA) is 121 Å². The molecule has 0 saturated carbocycles. The van der Waals surface area contributed by atoms with Gasteiger partial charge in [-0.2, -0.15) is 0 Å². The fourth-order valence-electron chi connectivity index (χ4n) is 3.90. The Balaban J connectivity index is 2.09. The standard InChI is InChI=1S/C27H34N4O6/c1-7-17(4)29-25(33)19-10-8-18(9-11-19)14-31-26(34)20-12-22(36-5)23(37-6)13-21(20)30(27(31)35)15-24(32)28-16(2)3/h8-13,16-17H,7,14-15H2,1-6H3,(H,28,32)(H,29,33)/t17-/m0/s1. The van der Waals surface area contributed by atoms with E-state index < -0.39 is 11.2 Å². The number of ether oxygens (including phenoxy) is 2. The molecule has 2 N–H and O–H groups in total. The van der Waals surface area contributed by atoms with Gasteiger partial charge in [0.25, 0.3) is 11.5 Å². The van der Waals surface area contributed by atoms with Gasteiger partial charge in [-0.1, -0.05) is 19.1 Å². The summed E-state index contributed by atoms with van der Waals surface area (Å²) in [6, 6.07) is 9.66. The van der Waals surface area contributed by atoms with Gasteiger partial charge >= 0.3 is 5.69 Å². The van der Waals surface area contributed by atoms with Crippen LogP contribution in [0.4, 0.5) is 0 Å². The summed E-state index contributed by atoms with van der Waals surface area (Å²) in [6.45, 7) is 7.23. The summed E-state index contributed by atoms with van der Waals surface area (Å²) in [4.78, 5) is 52.0. The van der Waals surface area contributed by atoms with Gasteiger partial charge in [0.05, 0.1) is 31.7 Å². The molecule has 10 heteroatoms. The molecule has 0 radical (unpaired) electrons. The molecule has 2 aromatic carbocycles. The molecule has 2 amide bonds. The fourth-order valence-corrected chi connectivity index (χ4v) is 3.90. The number of carbonyl (C=O) groups is 2. The molecule has 3 aromatic rings. The van der Waals surface area contributed by atoms with Crippen molar-refractivity contribution < 1.29 is 19.1 Å². The number of nitrogens with one attached hydrogen (secondary N) is 2. The molecule has 3 rings (SSSR count). The second-order valence-electron chi connectivity index (χ2n) is 9.19. The number of fused-ring (bicyclic) bond motifs is 1. The maximum Gasteiger partial charge on any atom is 0.332 e. The molecule has 0 aliphatic carbocycles. The first-order chi connectivity index (χ1) is 17.6. The average Bonchev–Trinajstić information content (AvgIpc) is 2.87. The minimum Gasteiger partial charge on any atom is -0.493 e. The van der Waals surface area contributed by atoms with Crippen LogP contribution in [-0.2, 0) is 17.9 Å². The lowest BCUT2D eigenvalue weighted by Crippen LogP contribution is -2.43. The SMILES string of the molecule is CC[C@H](C)NC(=O)c1ccc(Cn2c(=O)c3cc(OC)c(OC)cc3n(CC(=O)NC(C)C)c2=O)cc1. The Morgan fingerprint density at radius 2 is 1.54 bits per heavy atom. The molecule has 10 nitrogen and oxygen atoms in total. The Kier molecular flexibility index (Phi) is 8.75. The number of hydrogen-bond donors (Lipinski definition) is 2. The second-order valence-corrected chi connectivity index (χ2v) is 9.19.